The molecule has 0 fully saturated rings. The monoisotopic (exact) mass is 307 g/mol. The number of aromatic nitrogens is 1. The van der Waals surface area contributed by atoms with E-state index in [-0.39, 0.29) is 11.5 Å². The molecule has 0 spiro atoms. The Morgan fingerprint density at radius 3 is 2.67 bits per heavy atom. The Balaban J connectivity index is 2.19. The lowest BCUT2D eigenvalue weighted by atomic mass is 10.2. The summed E-state index contributed by atoms with van der Waals surface area (Å²) in [6, 6.07) is 8.39. The van der Waals surface area contributed by atoms with Crippen LogP contribution in [0.1, 0.15) is 15.9 Å². The average Bonchev–Trinajstić information content (AvgIpc) is 2.48. The number of nitrogens with zero attached hydrogens (tertiary/aromatic N) is 2. The number of carbonyl (C=O) groups excluding carboxylic acids is 1. The second-order valence-corrected chi connectivity index (χ2v) is 5.02. The maximum Gasteiger partial charge on any atom is 0.257 e. The first-order chi connectivity index (χ1) is 10.0. The largest absolute Gasteiger partial charge is 0.372 e. The summed E-state index contributed by atoms with van der Waals surface area (Å²) in [4.78, 5) is 17.8. The molecule has 110 valence electrons. The Hall–Kier alpha value is -2.14. The van der Waals surface area contributed by atoms with Crippen LogP contribution in [0.5, 0.6) is 0 Å². The number of halogens is 2. The standard InChI is InChI=1S/C15H15ClFN3O/c1-18-14-13(7-12(17)8-19-14)15(21)20(2)9-10-3-5-11(16)6-4-10/h3-8H,9H2,1-2H3,(H,18,19). The molecule has 2 aromatic rings. The van der Waals surface area contributed by atoms with E-state index < -0.39 is 5.82 Å². The third-order valence-corrected chi connectivity index (χ3v) is 3.25. The lowest BCUT2D eigenvalue weighted by Gasteiger charge is -2.18. The molecule has 0 aliphatic rings. The number of pyridine rings is 1. The summed E-state index contributed by atoms with van der Waals surface area (Å²) < 4.78 is 13.3. The van der Waals surface area contributed by atoms with Crippen molar-refractivity contribution in [2.75, 3.05) is 19.4 Å². The molecule has 0 bridgehead atoms. The molecular formula is C15H15ClFN3O. The smallest absolute Gasteiger partial charge is 0.257 e. The van der Waals surface area contributed by atoms with Crippen molar-refractivity contribution >= 4 is 23.3 Å². The molecular weight excluding hydrogens is 293 g/mol. The van der Waals surface area contributed by atoms with Crippen molar-refractivity contribution in [2.24, 2.45) is 0 Å². The van der Waals surface area contributed by atoms with Crippen molar-refractivity contribution in [1.82, 2.24) is 9.88 Å². The molecule has 0 atom stereocenters. The van der Waals surface area contributed by atoms with E-state index >= 15 is 0 Å². The fourth-order valence-corrected chi connectivity index (χ4v) is 2.07. The van der Waals surface area contributed by atoms with Crippen molar-refractivity contribution in [3.8, 4) is 0 Å². The van der Waals surface area contributed by atoms with Gasteiger partial charge < -0.3 is 10.2 Å². The summed E-state index contributed by atoms with van der Waals surface area (Å²) in [7, 11) is 3.29. The van der Waals surface area contributed by atoms with Gasteiger partial charge in [-0.25, -0.2) is 9.37 Å². The maximum absolute atomic E-state index is 13.3. The topological polar surface area (TPSA) is 45.2 Å². The first-order valence-corrected chi connectivity index (χ1v) is 6.72. The van der Waals surface area contributed by atoms with Crippen LogP contribution >= 0.6 is 11.6 Å². The Morgan fingerprint density at radius 2 is 2.05 bits per heavy atom. The molecule has 0 saturated heterocycles. The minimum Gasteiger partial charge on any atom is -0.372 e. The van der Waals surface area contributed by atoms with Gasteiger partial charge in [-0.1, -0.05) is 23.7 Å². The van der Waals surface area contributed by atoms with Crippen molar-refractivity contribution in [1.29, 1.82) is 0 Å². The first-order valence-electron chi connectivity index (χ1n) is 6.34. The van der Waals surface area contributed by atoms with Crippen LogP contribution in [0, 0.1) is 5.82 Å². The third kappa shape index (κ3) is 3.70. The van der Waals surface area contributed by atoms with Gasteiger partial charge in [0.2, 0.25) is 0 Å². The van der Waals surface area contributed by atoms with Gasteiger partial charge in [0.1, 0.15) is 11.6 Å². The van der Waals surface area contributed by atoms with Gasteiger partial charge in [0, 0.05) is 25.7 Å². The van der Waals surface area contributed by atoms with Crippen LogP contribution in [0.2, 0.25) is 5.02 Å². The van der Waals surface area contributed by atoms with Crippen molar-refractivity contribution < 1.29 is 9.18 Å². The van der Waals surface area contributed by atoms with Crippen LogP contribution in [0.15, 0.2) is 36.5 Å². The van der Waals surface area contributed by atoms with E-state index in [9.17, 15) is 9.18 Å². The highest BCUT2D eigenvalue weighted by Crippen LogP contribution is 2.17. The van der Waals surface area contributed by atoms with Gasteiger partial charge in [0.15, 0.2) is 0 Å². The maximum atomic E-state index is 13.3. The number of amides is 1. The summed E-state index contributed by atoms with van der Waals surface area (Å²) in [5.41, 5.74) is 1.14. The Morgan fingerprint density at radius 1 is 1.38 bits per heavy atom. The fourth-order valence-electron chi connectivity index (χ4n) is 1.94. The quantitative estimate of drug-likeness (QED) is 0.943. The van der Waals surface area contributed by atoms with Gasteiger partial charge in [-0.15, -0.1) is 0 Å². The molecule has 1 heterocycles. The van der Waals surface area contributed by atoms with Crippen molar-refractivity contribution in [2.45, 2.75) is 6.54 Å². The molecule has 1 N–H and O–H groups in total. The van der Waals surface area contributed by atoms with E-state index in [2.05, 4.69) is 10.3 Å². The SMILES string of the molecule is CNc1ncc(F)cc1C(=O)N(C)Cc1ccc(Cl)cc1. The van der Waals surface area contributed by atoms with E-state index in [1.54, 1.807) is 26.2 Å². The van der Waals surface area contributed by atoms with Crippen LogP contribution in [0.25, 0.3) is 0 Å². The number of anilines is 1. The Bertz CT molecular complexity index is 646. The summed E-state index contributed by atoms with van der Waals surface area (Å²) in [5, 5.41) is 3.43. The highest BCUT2D eigenvalue weighted by molar-refractivity contribution is 6.30. The minimum atomic E-state index is -0.544. The Labute approximate surface area is 127 Å². The van der Waals surface area contributed by atoms with Crippen LogP contribution in [0.4, 0.5) is 10.2 Å². The molecule has 6 heteroatoms. The van der Waals surface area contributed by atoms with E-state index in [0.717, 1.165) is 11.8 Å². The molecule has 0 unspecified atom stereocenters. The van der Waals surface area contributed by atoms with Crippen LogP contribution in [-0.2, 0) is 6.54 Å². The minimum absolute atomic E-state index is 0.203. The van der Waals surface area contributed by atoms with E-state index in [1.165, 1.54) is 11.0 Å². The number of hydrogen-bond donors (Lipinski definition) is 1. The molecule has 4 nitrogen and oxygen atoms in total. The van der Waals surface area contributed by atoms with Gasteiger partial charge in [-0.2, -0.15) is 0 Å². The predicted octanol–water partition coefficient (Wildman–Crippen LogP) is 3.19. The molecule has 0 aliphatic carbocycles. The van der Waals surface area contributed by atoms with Crippen molar-refractivity contribution in [3.05, 3.63) is 58.5 Å². The van der Waals surface area contributed by atoms with Gasteiger partial charge >= 0.3 is 0 Å². The number of carbonyl (C=O) groups is 1. The van der Waals surface area contributed by atoms with E-state index in [0.29, 0.717) is 17.4 Å². The molecule has 2 rings (SSSR count). The average molecular weight is 308 g/mol. The van der Waals surface area contributed by atoms with E-state index in [4.69, 9.17) is 11.6 Å². The fraction of sp³-hybridized carbons (Fsp3) is 0.200. The number of nitrogens with one attached hydrogen (secondary N) is 1. The molecule has 0 saturated carbocycles. The number of hydrogen-bond acceptors (Lipinski definition) is 3. The Kier molecular flexibility index (Phi) is 4.75. The molecule has 21 heavy (non-hydrogen) atoms. The van der Waals surface area contributed by atoms with Crippen molar-refractivity contribution in [3.63, 3.8) is 0 Å². The molecule has 0 radical (unpaired) electrons. The number of rotatable bonds is 4. The summed E-state index contributed by atoms with van der Waals surface area (Å²) in [6.07, 6.45) is 1.07. The zero-order chi connectivity index (χ0) is 15.4. The lowest BCUT2D eigenvalue weighted by Crippen LogP contribution is -2.27. The normalized spacial score (nSPS) is 10.3. The second-order valence-electron chi connectivity index (χ2n) is 4.59. The number of benzene rings is 1. The zero-order valence-corrected chi connectivity index (χ0v) is 12.5. The third-order valence-electron chi connectivity index (χ3n) is 3.00. The highest BCUT2D eigenvalue weighted by atomic mass is 35.5. The van der Waals surface area contributed by atoms with Gasteiger partial charge in [-0.3, -0.25) is 4.79 Å². The van der Waals surface area contributed by atoms with Crippen LogP contribution in [0.3, 0.4) is 0 Å². The van der Waals surface area contributed by atoms with Gasteiger partial charge in [0.05, 0.1) is 11.8 Å². The second kappa shape index (κ2) is 6.54. The zero-order valence-electron chi connectivity index (χ0n) is 11.7. The van der Waals surface area contributed by atoms with Crippen LogP contribution in [-0.4, -0.2) is 29.9 Å². The molecule has 1 aromatic carbocycles. The molecule has 1 amide bonds. The summed E-state index contributed by atoms with van der Waals surface area (Å²) >= 11 is 5.82. The molecule has 1 aromatic heterocycles. The van der Waals surface area contributed by atoms with Crippen LogP contribution < -0.4 is 5.32 Å². The predicted molar refractivity (Wildman–Crippen MR) is 81.0 cm³/mol. The van der Waals surface area contributed by atoms with Gasteiger partial charge in [0.25, 0.3) is 5.91 Å². The highest BCUT2D eigenvalue weighted by Gasteiger charge is 2.17. The molecule has 0 aliphatic heterocycles. The van der Waals surface area contributed by atoms with Gasteiger partial charge in [-0.05, 0) is 23.8 Å². The first kappa shape index (κ1) is 15.3. The van der Waals surface area contributed by atoms with E-state index in [1.807, 2.05) is 12.1 Å². The lowest BCUT2D eigenvalue weighted by molar-refractivity contribution is 0.0785. The summed E-state index contributed by atoms with van der Waals surface area (Å²) in [5.74, 6) is -0.497. The summed E-state index contributed by atoms with van der Waals surface area (Å²) in [6.45, 7) is 0.398.